The van der Waals surface area contributed by atoms with Crippen LogP contribution in [0.15, 0.2) is 21.3 Å². The van der Waals surface area contributed by atoms with E-state index in [-0.39, 0.29) is 11.0 Å². The second-order valence-electron chi connectivity index (χ2n) is 5.87. The molecule has 0 radical (unpaired) electrons. The molecule has 2 heterocycles. The van der Waals surface area contributed by atoms with E-state index >= 15 is 0 Å². The molecule has 148 valence electrons. The van der Waals surface area contributed by atoms with Crippen LogP contribution >= 0.6 is 0 Å². The third kappa shape index (κ3) is 3.15. The van der Waals surface area contributed by atoms with Gasteiger partial charge in [0.15, 0.2) is 11.3 Å². The van der Waals surface area contributed by atoms with Crippen LogP contribution in [-0.2, 0) is 4.74 Å². The largest absolute Gasteiger partial charge is 0.504 e. The van der Waals surface area contributed by atoms with Gasteiger partial charge in [0.1, 0.15) is 24.4 Å². The molecule has 6 N–H and O–H groups in total. The Kier molecular flexibility index (Phi) is 5.13. The Morgan fingerprint density at radius 3 is 2.37 bits per heavy atom. The van der Waals surface area contributed by atoms with E-state index in [1.807, 2.05) is 0 Å². The van der Waals surface area contributed by atoms with Crippen molar-refractivity contribution in [1.29, 1.82) is 0 Å². The van der Waals surface area contributed by atoms with Crippen LogP contribution in [0.25, 0.3) is 11.0 Å². The molecule has 5 atom stereocenters. The van der Waals surface area contributed by atoms with Gasteiger partial charge in [0.05, 0.1) is 19.1 Å². The molecule has 2 aromatic rings. The SMILES string of the molecule is COc1c(O)c(O[C@@H]2O[C@H](CO)[C@@H](O)[C@H](O)[C@H]2O)c2oc(=O)ccc2c1O. The van der Waals surface area contributed by atoms with Crippen LogP contribution in [0.1, 0.15) is 0 Å². The molecular formula is C16H18O11. The van der Waals surface area contributed by atoms with Gasteiger partial charge in [-0.2, -0.15) is 0 Å². The van der Waals surface area contributed by atoms with Crippen molar-refractivity contribution in [1.82, 2.24) is 0 Å². The van der Waals surface area contributed by atoms with Crippen molar-refractivity contribution in [3.63, 3.8) is 0 Å². The third-order valence-corrected chi connectivity index (χ3v) is 4.23. The lowest BCUT2D eigenvalue weighted by atomic mass is 9.99. The van der Waals surface area contributed by atoms with E-state index in [0.29, 0.717) is 0 Å². The van der Waals surface area contributed by atoms with E-state index in [9.17, 15) is 35.4 Å². The lowest BCUT2D eigenvalue weighted by Gasteiger charge is -2.39. The van der Waals surface area contributed by atoms with Crippen LogP contribution < -0.4 is 15.1 Å². The van der Waals surface area contributed by atoms with Gasteiger partial charge in [-0.05, 0) is 6.07 Å². The van der Waals surface area contributed by atoms with Crippen molar-refractivity contribution < 1.29 is 49.3 Å². The van der Waals surface area contributed by atoms with Crippen LogP contribution in [0, 0.1) is 0 Å². The van der Waals surface area contributed by atoms with Gasteiger partial charge >= 0.3 is 5.63 Å². The lowest BCUT2D eigenvalue weighted by Crippen LogP contribution is -2.60. The number of hydrogen-bond acceptors (Lipinski definition) is 11. The van der Waals surface area contributed by atoms with E-state index < -0.39 is 65.9 Å². The summed E-state index contributed by atoms with van der Waals surface area (Å²) in [7, 11) is 1.16. The quantitative estimate of drug-likeness (QED) is 0.333. The van der Waals surface area contributed by atoms with E-state index in [2.05, 4.69) is 0 Å². The topological polar surface area (TPSA) is 179 Å². The molecule has 0 spiro atoms. The summed E-state index contributed by atoms with van der Waals surface area (Å²) >= 11 is 0. The summed E-state index contributed by atoms with van der Waals surface area (Å²) in [4.78, 5) is 11.6. The van der Waals surface area contributed by atoms with Gasteiger partial charge in [0.2, 0.25) is 23.5 Å². The first-order chi connectivity index (χ1) is 12.8. The Hall–Kier alpha value is -2.57. The molecule has 1 aromatic heterocycles. The summed E-state index contributed by atoms with van der Waals surface area (Å²) in [5.41, 5.74) is -1.18. The number of ether oxygens (including phenoxy) is 3. The first-order valence-electron chi connectivity index (χ1n) is 7.83. The molecule has 1 saturated heterocycles. The van der Waals surface area contributed by atoms with Gasteiger partial charge in [-0.1, -0.05) is 0 Å². The third-order valence-electron chi connectivity index (χ3n) is 4.23. The fraction of sp³-hybridized carbons (Fsp3) is 0.438. The number of aromatic hydroxyl groups is 2. The summed E-state index contributed by atoms with van der Waals surface area (Å²) < 4.78 is 20.5. The average Bonchev–Trinajstić information content (AvgIpc) is 2.65. The molecule has 1 fully saturated rings. The zero-order chi connectivity index (χ0) is 19.9. The first kappa shape index (κ1) is 19.2. The molecule has 1 aliphatic heterocycles. The normalized spacial score (nSPS) is 28.3. The van der Waals surface area contributed by atoms with Gasteiger partial charge in [-0.25, -0.2) is 4.79 Å². The van der Waals surface area contributed by atoms with E-state index in [0.717, 1.165) is 13.2 Å². The molecule has 0 unspecified atom stereocenters. The number of methoxy groups -OCH3 is 1. The van der Waals surface area contributed by atoms with Crippen molar-refractivity contribution in [2.75, 3.05) is 13.7 Å². The van der Waals surface area contributed by atoms with Crippen LogP contribution in [-0.4, -0.2) is 75.1 Å². The van der Waals surface area contributed by atoms with E-state index in [4.69, 9.17) is 18.6 Å². The number of rotatable bonds is 4. The highest BCUT2D eigenvalue weighted by atomic mass is 16.7. The predicted octanol–water partition coefficient (Wildman–Crippen LogP) is -1.61. The van der Waals surface area contributed by atoms with Gasteiger partial charge in [0.25, 0.3) is 0 Å². The second kappa shape index (κ2) is 7.21. The van der Waals surface area contributed by atoms with Crippen molar-refractivity contribution >= 4 is 11.0 Å². The number of phenolic OH excluding ortho intramolecular Hbond substituents is 2. The molecular weight excluding hydrogens is 368 g/mol. The highest BCUT2D eigenvalue weighted by Gasteiger charge is 2.45. The Morgan fingerprint density at radius 1 is 1.04 bits per heavy atom. The first-order valence-corrected chi connectivity index (χ1v) is 7.83. The maximum Gasteiger partial charge on any atom is 0.336 e. The minimum Gasteiger partial charge on any atom is -0.504 e. The van der Waals surface area contributed by atoms with Crippen molar-refractivity contribution in [2.24, 2.45) is 0 Å². The molecule has 11 heteroatoms. The Morgan fingerprint density at radius 2 is 1.74 bits per heavy atom. The fourth-order valence-corrected chi connectivity index (χ4v) is 2.80. The summed E-state index contributed by atoms with van der Waals surface area (Å²) in [5.74, 6) is -2.18. The maximum absolute atomic E-state index is 11.6. The minimum absolute atomic E-state index is 0.0381. The Bertz CT molecular complexity index is 890. The summed E-state index contributed by atoms with van der Waals surface area (Å²) in [6.45, 7) is -0.689. The molecule has 0 bridgehead atoms. The Balaban J connectivity index is 2.11. The molecule has 0 amide bonds. The lowest BCUT2D eigenvalue weighted by molar-refractivity contribution is -0.277. The number of hydrogen-bond donors (Lipinski definition) is 6. The molecule has 0 saturated carbocycles. The predicted molar refractivity (Wildman–Crippen MR) is 86.8 cm³/mol. The fourth-order valence-electron chi connectivity index (χ4n) is 2.80. The van der Waals surface area contributed by atoms with Crippen molar-refractivity contribution in [3.8, 4) is 23.0 Å². The summed E-state index contributed by atoms with van der Waals surface area (Å²) in [6, 6.07) is 2.23. The number of aliphatic hydroxyl groups is 4. The van der Waals surface area contributed by atoms with Crippen LogP contribution in [0.4, 0.5) is 0 Å². The van der Waals surface area contributed by atoms with Crippen LogP contribution in [0.2, 0.25) is 0 Å². The number of phenols is 2. The average molecular weight is 386 g/mol. The zero-order valence-corrected chi connectivity index (χ0v) is 14.0. The van der Waals surface area contributed by atoms with E-state index in [1.54, 1.807) is 0 Å². The van der Waals surface area contributed by atoms with Gasteiger partial charge in [-0.3, -0.25) is 0 Å². The summed E-state index contributed by atoms with van der Waals surface area (Å²) in [6.07, 6.45) is -8.02. The minimum atomic E-state index is -1.77. The second-order valence-corrected chi connectivity index (χ2v) is 5.87. The van der Waals surface area contributed by atoms with Crippen molar-refractivity contribution in [3.05, 3.63) is 22.6 Å². The molecule has 3 rings (SSSR count). The molecule has 1 aliphatic rings. The van der Waals surface area contributed by atoms with Crippen LogP contribution in [0.3, 0.4) is 0 Å². The monoisotopic (exact) mass is 386 g/mol. The molecule has 0 aliphatic carbocycles. The zero-order valence-electron chi connectivity index (χ0n) is 14.0. The van der Waals surface area contributed by atoms with Gasteiger partial charge in [0, 0.05) is 6.07 Å². The van der Waals surface area contributed by atoms with Gasteiger partial charge < -0.3 is 49.3 Å². The summed E-state index contributed by atoms with van der Waals surface area (Å²) in [5, 5.41) is 59.5. The van der Waals surface area contributed by atoms with E-state index in [1.165, 1.54) is 6.07 Å². The highest BCUT2D eigenvalue weighted by molar-refractivity contribution is 5.94. The highest BCUT2D eigenvalue weighted by Crippen LogP contribution is 2.50. The maximum atomic E-state index is 11.6. The van der Waals surface area contributed by atoms with Gasteiger partial charge in [-0.15, -0.1) is 0 Å². The Labute approximate surface area is 151 Å². The molecule has 1 aromatic carbocycles. The molecule has 27 heavy (non-hydrogen) atoms. The smallest absolute Gasteiger partial charge is 0.336 e. The number of benzene rings is 1. The van der Waals surface area contributed by atoms with Crippen molar-refractivity contribution in [2.45, 2.75) is 30.7 Å². The number of fused-ring (bicyclic) bond motifs is 1. The molecule has 11 nitrogen and oxygen atoms in total. The van der Waals surface area contributed by atoms with Crippen LogP contribution in [0.5, 0.6) is 23.0 Å². The standard InChI is InChI=1S/C16H18O11/c1-24-14-8(19)5-2-3-7(18)26-13(5)15(12(14)23)27-16-11(22)10(21)9(20)6(4-17)25-16/h2-3,6,9-11,16-17,19-23H,4H2,1H3/t6-,9-,10+,11-,16+/m1/s1. The number of aliphatic hydroxyl groups excluding tert-OH is 4.